The maximum Gasteiger partial charge on any atom is 0.264 e. The average Bonchev–Trinajstić information content (AvgIpc) is 2.84. The molecule has 1 amide bonds. The number of rotatable bonds is 1. The first kappa shape index (κ1) is 12.5. The summed E-state index contributed by atoms with van der Waals surface area (Å²) in [5.41, 5.74) is 2.40. The highest BCUT2D eigenvalue weighted by atomic mass is 16.5. The summed E-state index contributed by atoms with van der Waals surface area (Å²) in [4.78, 5) is 16.7. The monoisotopic (exact) mass is 260 g/mol. The summed E-state index contributed by atoms with van der Waals surface area (Å²) in [5.74, 6) is 1.02. The fraction of sp³-hybridized carbons (Fsp3) is 0.533. The van der Waals surface area contributed by atoms with E-state index in [4.69, 9.17) is 4.74 Å². The van der Waals surface area contributed by atoms with Gasteiger partial charge in [0.05, 0.1) is 0 Å². The van der Waals surface area contributed by atoms with Crippen molar-refractivity contribution in [1.29, 1.82) is 0 Å². The van der Waals surface area contributed by atoms with Crippen molar-refractivity contribution in [3.05, 3.63) is 29.3 Å². The lowest BCUT2D eigenvalue weighted by molar-refractivity contribution is -0.139. The third-order valence-electron chi connectivity index (χ3n) is 4.12. The maximum absolute atomic E-state index is 12.5. The minimum atomic E-state index is -0.320. The smallest absolute Gasteiger partial charge is 0.264 e. The van der Waals surface area contributed by atoms with Crippen LogP contribution in [0.2, 0.25) is 0 Å². The molecule has 4 heteroatoms. The molecule has 19 heavy (non-hydrogen) atoms. The Hall–Kier alpha value is -1.55. The molecule has 0 saturated carbocycles. The number of carbonyl (C=O) groups is 1. The number of aryl methyl sites for hydroxylation is 1. The van der Waals surface area contributed by atoms with Crippen LogP contribution >= 0.6 is 0 Å². The SMILES string of the molecule is Cc1cccc2c1CC(C(=O)N1CCN(C)CC1)O2. The Labute approximate surface area is 113 Å². The largest absolute Gasteiger partial charge is 0.480 e. The van der Waals surface area contributed by atoms with Gasteiger partial charge in [-0.1, -0.05) is 12.1 Å². The minimum absolute atomic E-state index is 0.142. The van der Waals surface area contributed by atoms with Crippen molar-refractivity contribution in [2.24, 2.45) is 0 Å². The highest BCUT2D eigenvalue weighted by Crippen LogP contribution is 2.31. The van der Waals surface area contributed by atoms with Crippen molar-refractivity contribution in [3.8, 4) is 5.75 Å². The fourth-order valence-corrected chi connectivity index (χ4v) is 2.80. The van der Waals surface area contributed by atoms with Crippen LogP contribution in [0, 0.1) is 6.92 Å². The Morgan fingerprint density at radius 2 is 2.00 bits per heavy atom. The lowest BCUT2D eigenvalue weighted by Crippen LogP contribution is -2.51. The zero-order chi connectivity index (χ0) is 13.4. The second-order valence-electron chi connectivity index (χ2n) is 5.49. The van der Waals surface area contributed by atoms with Crippen molar-refractivity contribution >= 4 is 5.91 Å². The van der Waals surface area contributed by atoms with Crippen LogP contribution in [0.5, 0.6) is 5.75 Å². The quantitative estimate of drug-likeness (QED) is 0.757. The number of benzene rings is 1. The molecule has 2 heterocycles. The van der Waals surface area contributed by atoms with E-state index in [1.165, 1.54) is 11.1 Å². The van der Waals surface area contributed by atoms with E-state index in [2.05, 4.69) is 24.9 Å². The Balaban J connectivity index is 1.69. The van der Waals surface area contributed by atoms with Gasteiger partial charge in [0.25, 0.3) is 5.91 Å². The summed E-state index contributed by atoms with van der Waals surface area (Å²) in [5, 5.41) is 0. The van der Waals surface area contributed by atoms with E-state index in [9.17, 15) is 4.79 Å². The van der Waals surface area contributed by atoms with Gasteiger partial charge in [-0.15, -0.1) is 0 Å². The summed E-state index contributed by atoms with van der Waals surface area (Å²) in [6.07, 6.45) is 0.396. The van der Waals surface area contributed by atoms with Crippen molar-refractivity contribution in [3.63, 3.8) is 0 Å². The lowest BCUT2D eigenvalue weighted by Gasteiger charge is -2.33. The number of piperazine rings is 1. The van der Waals surface area contributed by atoms with Gasteiger partial charge in [0.15, 0.2) is 6.10 Å². The Kier molecular flexibility index (Phi) is 3.19. The second-order valence-corrected chi connectivity index (χ2v) is 5.49. The number of likely N-dealkylation sites (N-methyl/N-ethyl adjacent to an activating group) is 1. The molecule has 2 aliphatic rings. The van der Waals surface area contributed by atoms with Crippen LogP contribution in [0.25, 0.3) is 0 Å². The zero-order valence-corrected chi connectivity index (χ0v) is 11.6. The second kappa shape index (κ2) is 4.85. The normalized spacial score (nSPS) is 23.1. The van der Waals surface area contributed by atoms with Gasteiger partial charge in [-0.2, -0.15) is 0 Å². The summed E-state index contributed by atoms with van der Waals surface area (Å²) < 4.78 is 5.82. The average molecular weight is 260 g/mol. The third-order valence-corrected chi connectivity index (χ3v) is 4.12. The van der Waals surface area contributed by atoms with Crippen LogP contribution < -0.4 is 4.74 Å². The number of amides is 1. The fourth-order valence-electron chi connectivity index (χ4n) is 2.80. The predicted molar refractivity (Wildman–Crippen MR) is 73.4 cm³/mol. The van der Waals surface area contributed by atoms with Crippen LogP contribution in [0.4, 0.5) is 0 Å². The summed E-state index contributed by atoms with van der Waals surface area (Å²) >= 11 is 0. The highest BCUT2D eigenvalue weighted by Gasteiger charge is 2.33. The van der Waals surface area contributed by atoms with Crippen molar-refractivity contribution in [2.45, 2.75) is 19.4 Å². The van der Waals surface area contributed by atoms with Crippen molar-refractivity contribution in [2.75, 3.05) is 33.2 Å². The molecule has 1 unspecified atom stereocenters. The Morgan fingerprint density at radius 1 is 1.26 bits per heavy atom. The van der Waals surface area contributed by atoms with Gasteiger partial charge >= 0.3 is 0 Å². The maximum atomic E-state index is 12.5. The summed E-state index contributed by atoms with van der Waals surface area (Å²) in [6, 6.07) is 6.02. The van der Waals surface area contributed by atoms with Crippen molar-refractivity contribution in [1.82, 2.24) is 9.80 Å². The van der Waals surface area contributed by atoms with Crippen LogP contribution in [0.1, 0.15) is 11.1 Å². The van der Waals surface area contributed by atoms with E-state index in [0.717, 1.165) is 31.9 Å². The van der Waals surface area contributed by atoms with Crippen LogP contribution in [0.15, 0.2) is 18.2 Å². The Bertz CT molecular complexity index is 493. The van der Waals surface area contributed by atoms with Gasteiger partial charge in [-0.05, 0) is 25.6 Å². The molecule has 4 nitrogen and oxygen atoms in total. The van der Waals surface area contributed by atoms with E-state index in [-0.39, 0.29) is 12.0 Å². The first-order chi connectivity index (χ1) is 9.15. The van der Waals surface area contributed by atoms with E-state index in [0.29, 0.717) is 6.42 Å². The van der Waals surface area contributed by atoms with Gasteiger partial charge in [0.2, 0.25) is 0 Å². The summed E-state index contributed by atoms with van der Waals surface area (Å²) in [6.45, 7) is 5.59. The molecule has 0 N–H and O–H groups in total. The molecule has 1 fully saturated rings. The van der Waals surface area contributed by atoms with Gasteiger partial charge < -0.3 is 14.5 Å². The van der Waals surface area contributed by atoms with Gasteiger partial charge in [0.1, 0.15) is 5.75 Å². The molecule has 0 aromatic heterocycles. The van der Waals surface area contributed by atoms with Gasteiger partial charge in [-0.25, -0.2) is 0 Å². The molecule has 1 aromatic rings. The number of ether oxygens (including phenoxy) is 1. The van der Waals surface area contributed by atoms with E-state index >= 15 is 0 Å². The van der Waals surface area contributed by atoms with E-state index in [1.807, 2.05) is 17.0 Å². The first-order valence-electron chi connectivity index (χ1n) is 6.87. The molecule has 1 aromatic carbocycles. The van der Waals surface area contributed by atoms with E-state index < -0.39 is 0 Å². The van der Waals surface area contributed by atoms with Crippen LogP contribution in [-0.2, 0) is 11.2 Å². The third kappa shape index (κ3) is 2.32. The lowest BCUT2D eigenvalue weighted by atomic mass is 10.0. The molecule has 0 bridgehead atoms. The molecule has 0 aliphatic carbocycles. The molecular weight excluding hydrogens is 240 g/mol. The zero-order valence-electron chi connectivity index (χ0n) is 11.6. The molecule has 102 valence electrons. The van der Waals surface area contributed by atoms with Crippen LogP contribution in [0.3, 0.4) is 0 Å². The molecule has 1 saturated heterocycles. The molecule has 1 atom stereocenters. The molecule has 2 aliphatic heterocycles. The topological polar surface area (TPSA) is 32.8 Å². The first-order valence-corrected chi connectivity index (χ1v) is 6.87. The number of carbonyl (C=O) groups excluding carboxylic acids is 1. The van der Waals surface area contributed by atoms with Crippen LogP contribution in [-0.4, -0.2) is 55.0 Å². The molecular formula is C15H20N2O2. The highest BCUT2D eigenvalue weighted by molar-refractivity contribution is 5.83. The van der Waals surface area contributed by atoms with E-state index in [1.54, 1.807) is 0 Å². The van der Waals surface area contributed by atoms with Gasteiger partial charge in [-0.3, -0.25) is 4.79 Å². The standard InChI is InChI=1S/C15H20N2O2/c1-11-4-3-5-13-12(11)10-14(19-13)15(18)17-8-6-16(2)7-9-17/h3-5,14H,6-10H2,1-2H3. The predicted octanol–water partition coefficient (Wildman–Crippen LogP) is 1.07. The number of hydrogen-bond donors (Lipinski definition) is 0. The van der Waals surface area contributed by atoms with Crippen molar-refractivity contribution < 1.29 is 9.53 Å². The molecule has 3 rings (SSSR count). The summed E-state index contributed by atoms with van der Waals surface area (Å²) in [7, 11) is 2.09. The minimum Gasteiger partial charge on any atom is -0.480 e. The number of hydrogen-bond acceptors (Lipinski definition) is 3. The molecule has 0 radical (unpaired) electrons. The number of fused-ring (bicyclic) bond motifs is 1. The van der Waals surface area contributed by atoms with Gasteiger partial charge in [0, 0.05) is 38.2 Å². The Morgan fingerprint density at radius 3 is 2.68 bits per heavy atom. The number of nitrogens with zero attached hydrogens (tertiary/aromatic N) is 2. The molecule has 0 spiro atoms.